The summed E-state index contributed by atoms with van der Waals surface area (Å²) in [6.45, 7) is 9.79. The standard InChI is InChI=1S/C55H85N11O15S2/c1-7-8-11-15-37-49(73)64-42-30-83-28-35-21-34(22-36(23-35)80-18-12-9-10-13-19-81-57-25-44(68)59-37)27-82-29-41(47(56)71)63-52(76)40(26-67)62-54(78)43-16-14-17-66(43)55(79)46(32(4)5)65-51(75)39(24-45(69)70)61-50(74)38(20-31(2)3)60-48(72)33(6)58-53(42)77/h21-23,25,31-33,37-43,46,67H,7-20,24,26-30H2,1-6H3,(H2,56,71)(H,58,77)(H,59,68)(H,60,72)(H,61,74)(H,62,78)(H,63,76)(H,64,73)(H,65,75)(H,69,70)/b57-25+/t33-,37-,38-,39-,40-,41-,42-,43-,46-/m0/s1. The van der Waals surface area contributed by atoms with Gasteiger partial charge in [0.2, 0.25) is 53.2 Å². The first kappa shape index (κ1) is 68.8. The molecule has 1 fully saturated rings. The summed E-state index contributed by atoms with van der Waals surface area (Å²) >= 11 is 2.51. The number of carbonyl (C=O) groups is 11. The molecule has 0 spiro atoms. The van der Waals surface area contributed by atoms with Crippen molar-refractivity contribution < 1.29 is 72.5 Å². The molecule has 4 rings (SSSR count). The minimum absolute atomic E-state index is 0.0143. The van der Waals surface area contributed by atoms with Crippen LogP contribution in [0.3, 0.4) is 0 Å². The first-order valence-electron chi connectivity index (χ1n) is 28.4. The average Bonchev–Trinajstić information content (AvgIpc) is 4.21. The van der Waals surface area contributed by atoms with Crippen molar-refractivity contribution in [1.29, 1.82) is 0 Å². The number of nitrogens with two attached hydrogens (primary N) is 1. The number of ether oxygens (including phenoxy) is 1. The topological polar surface area (TPSA) is 385 Å². The summed E-state index contributed by atoms with van der Waals surface area (Å²) in [7, 11) is 0. The van der Waals surface area contributed by atoms with Gasteiger partial charge in [-0.3, -0.25) is 52.7 Å². The van der Waals surface area contributed by atoms with Crippen molar-refractivity contribution in [2.75, 3.05) is 37.9 Å². The maximum Gasteiger partial charge on any atom is 0.305 e. The number of carboxylic acids is 1. The molecular formula is C55H85N11O15S2. The van der Waals surface area contributed by atoms with E-state index in [0.29, 0.717) is 38.0 Å². The minimum Gasteiger partial charge on any atom is -0.494 e. The van der Waals surface area contributed by atoms with Crippen molar-refractivity contribution in [2.45, 2.75) is 184 Å². The summed E-state index contributed by atoms with van der Waals surface area (Å²) in [5.41, 5.74) is 7.27. The number of rotatable bonds is 11. The summed E-state index contributed by atoms with van der Waals surface area (Å²) in [5, 5.41) is 44.7. The molecule has 3 aliphatic heterocycles. The van der Waals surface area contributed by atoms with E-state index in [1.54, 1.807) is 27.7 Å². The Balaban J connectivity index is 1.78. The number of nitrogens with one attached hydrogen (secondary N) is 8. The largest absolute Gasteiger partial charge is 0.494 e. The van der Waals surface area contributed by atoms with Crippen molar-refractivity contribution in [2.24, 2.45) is 22.7 Å². The van der Waals surface area contributed by atoms with Crippen molar-refractivity contribution in [3.63, 3.8) is 0 Å². The van der Waals surface area contributed by atoms with Crippen LogP contribution in [0.1, 0.15) is 130 Å². The Morgan fingerprint density at radius 1 is 0.711 bits per heavy atom. The molecule has 12 N–H and O–H groups in total. The molecule has 9 atom stereocenters. The molecular weight excluding hydrogens is 1120 g/mol. The van der Waals surface area contributed by atoms with Crippen LogP contribution in [-0.2, 0) is 69.1 Å². The fourth-order valence-electron chi connectivity index (χ4n) is 9.26. The van der Waals surface area contributed by atoms with Gasteiger partial charge >= 0.3 is 5.97 Å². The van der Waals surface area contributed by atoms with E-state index >= 15 is 0 Å². The monoisotopic (exact) mass is 1200 g/mol. The number of unbranched alkanes of at least 4 members (excludes halogenated alkanes) is 2. The van der Waals surface area contributed by atoms with Crippen LogP contribution in [0.2, 0.25) is 0 Å². The summed E-state index contributed by atoms with van der Waals surface area (Å²) in [6, 6.07) is -6.77. The van der Waals surface area contributed by atoms with E-state index in [1.165, 1.54) is 35.3 Å². The number of thioether (sulfide) groups is 2. The number of hydrogen-bond acceptors (Lipinski definition) is 17. The van der Waals surface area contributed by atoms with E-state index in [4.69, 9.17) is 15.3 Å². The van der Waals surface area contributed by atoms with Crippen LogP contribution in [0, 0.1) is 11.8 Å². The number of aliphatic hydroxyl groups excluding tert-OH is 1. The van der Waals surface area contributed by atoms with Crippen LogP contribution in [0.5, 0.6) is 5.75 Å². The number of benzene rings is 1. The third-order valence-electron chi connectivity index (χ3n) is 13.8. The van der Waals surface area contributed by atoms with Crippen LogP contribution in [-0.4, -0.2) is 179 Å². The Morgan fingerprint density at radius 2 is 1.34 bits per heavy atom. The summed E-state index contributed by atoms with van der Waals surface area (Å²) in [5.74, 6) is -9.83. The zero-order valence-electron chi connectivity index (χ0n) is 48.3. The molecule has 26 nitrogen and oxygen atoms in total. The molecule has 28 heteroatoms. The number of primary amides is 1. The summed E-state index contributed by atoms with van der Waals surface area (Å²) < 4.78 is 6.22. The van der Waals surface area contributed by atoms with E-state index in [9.17, 15) is 63.0 Å². The maximum atomic E-state index is 14.4. The first-order chi connectivity index (χ1) is 39.5. The lowest BCUT2D eigenvalue weighted by Gasteiger charge is -2.32. The SMILES string of the molecule is CCCCC[C@@H]1NC(=O)/C=N/OCCCCCCOc2cc3cc(c2)CSC[C@H](NC1=O)C(=O)N[C@@H](C)C(=O)N[C@@H](CC(C)C)C(=O)N[C@@H](CC(=O)O)C(=O)N[C@@H](C(C)C)C(=O)N1CCC[C@H]1C(=O)N[C@@H](CO)C(=O)N[C@H](C(N)=O)CSC3. The lowest BCUT2D eigenvalue weighted by molar-refractivity contribution is -0.144. The van der Waals surface area contributed by atoms with Gasteiger partial charge in [0, 0.05) is 29.6 Å². The molecule has 1 aromatic rings. The highest BCUT2D eigenvalue weighted by atomic mass is 32.2. The third-order valence-corrected chi connectivity index (χ3v) is 16.0. The number of hydrogen-bond donors (Lipinski definition) is 11. The quantitative estimate of drug-likeness (QED) is 0.132. The molecule has 3 aliphatic rings. The number of fused-ring (bicyclic) bond motifs is 6. The number of aliphatic carboxylic acids is 1. The summed E-state index contributed by atoms with van der Waals surface area (Å²) in [6.07, 6.45) is 5.69. The van der Waals surface area contributed by atoms with Crippen LogP contribution in [0.4, 0.5) is 0 Å². The van der Waals surface area contributed by atoms with Gasteiger partial charge in [-0.05, 0) is 93.4 Å². The van der Waals surface area contributed by atoms with Crippen LogP contribution in [0.15, 0.2) is 23.4 Å². The van der Waals surface area contributed by atoms with E-state index in [2.05, 4.69) is 47.7 Å². The fourth-order valence-corrected chi connectivity index (χ4v) is 11.3. The maximum absolute atomic E-state index is 14.4. The lowest BCUT2D eigenvalue weighted by atomic mass is 10.00. The van der Waals surface area contributed by atoms with Gasteiger partial charge in [-0.2, -0.15) is 23.5 Å². The highest BCUT2D eigenvalue weighted by molar-refractivity contribution is 7.98. The van der Waals surface area contributed by atoms with Gasteiger partial charge in [0.25, 0.3) is 5.91 Å². The Morgan fingerprint density at radius 3 is 1.98 bits per heavy atom. The smallest absolute Gasteiger partial charge is 0.305 e. The first-order valence-corrected chi connectivity index (χ1v) is 30.7. The number of carbonyl (C=O) groups excluding carboxylic acids is 10. The Kier molecular flexibility index (Phi) is 29.4. The highest BCUT2D eigenvalue weighted by Gasteiger charge is 2.41. The van der Waals surface area contributed by atoms with E-state index < -0.39 is 138 Å². The van der Waals surface area contributed by atoms with Crippen LogP contribution >= 0.6 is 23.5 Å². The molecule has 83 heavy (non-hydrogen) atoms. The van der Waals surface area contributed by atoms with Crippen molar-refractivity contribution in [1.82, 2.24) is 47.4 Å². The molecule has 0 radical (unpaired) electrons. The van der Waals surface area contributed by atoms with Gasteiger partial charge in [-0.1, -0.05) is 65.1 Å². The molecule has 0 aromatic heterocycles. The molecule has 0 saturated carbocycles. The Hall–Kier alpha value is -6.68. The minimum atomic E-state index is -1.79. The van der Waals surface area contributed by atoms with Gasteiger partial charge in [0.05, 0.1) is 19.6 Å². The van der Waals surface area contributed by atoms with Gasteiger partial charge < -0.3 is 73.0 Å². The Labute approximate surface area is 492 Å². The van der Waals surface area contributed by atoms with E-state index in [-0.39, 0.29) is 61.3 Å². The predicted molar refractivity (Wildman–Crippen MR) is 310 cm³/mol. The number of carboxylic acid groups (broad SMARTS) is 1. The molecule has 1 saturated heterocycles. The number of amides is 10. The number of nitrogens with zero attached hydrogens (tertiary/aromatic N) is 2. The molecule has 1 aromatic carbocycles. The van der Waals surface area contributed by atoms with Crippen LogP contribution in [0.25, 0.3) is 0 Å². The number of oxime groups is 1. The Bertz CT molecular complexity index is 2450. The van der Waals surface area contributed by atoms with Crippen molar-refractivity contribution >= 4 is 94.8 Å². The predicted octanol–water partition coefficient (Wildman–Crippen LogP) is 0.246. The van der Waals surface area contributed by atoms with Gasteiger partial charge in [-0.25, -0.2) is 0 Å². The molecule has 3 heterocycles. The second kappa shape index (κ2) is 35.5. The number of aliphatic hydroxyl groups is 1. The zero-order valence-corrected chi connectivity index (χ0v) is 49.9. The molecule has 4 bridgehead atoms. The normalized spacial score (nSPS) is 26.7. The van der Waals surface area contributed by atoms with Gasteiger partial charge in [0.15, 0.2) is 0 Å². The van der Waals surface area contributed by atoms with E-state index in [0.717, 1.165) is 43.0 Å². The van der Waals surface area contributed by atoms with Crippen molar-refractivity contribution in [3.05, 3.63) is 29.3 Å². The second-order valence-electron chi connectivity index (χ2n) is 21.7. The van der Waals surface area contributed by atoms with Crippen molar-refractivity contribution in [3.8, 4) is 5.75 Å². The summed E-state index contributed by atoms with van der Waals surface area (Å²) in [4.78, 5) is 157. The third kappa shape index (κ3) is 23.5. The second-order valence-corrected chi connectivity index (χ2v) is 23.7. The lowest BCUT2D eigenvalue weighted by Crippen LogP contribution is -2.61. The van der Waals surface area contributed by atoms with Gasteiger partial charge in [0.1, 0.15) is 72.9 Å². The van der Waals surface area contributed by atoms with Gasteiger partial charge in [-0.15, -0.1) is 0 Å². The molecule has 0 unspecified atom stereocenters. The van der Waals surface area contributed by atoms with Crippen LogP contribution < -0.4 is 53.0 Å². The highest BCUT2D eigenvalue weighted by Crippen LogP contribution is 2.26. The zero-order chi connectivity index (χ0) is 61.2. The molecule has 462 valence electrons. The fraction of sp³-hybridized carbons (Fsp3) is 0.673. The molecule has 10 amide bonds. The van der Waals surface area contributed by atoms with E-state index in [1.807, 2.05) is 25.1 Å². The molecule has 0 aliphatic carbocycles. The average molecular weight is 1200 g/mol.